The van der Waals surface area contributed by atoms with Crippen LogP contribution in [0.25, 0.3) is 33.0 Å². The number of para-hydroxylation sites is 1. The summed E-state index contributed by atoms with van der Waals surface area (Å²) in [5.74, 6) is -0.0539. The third-order valence-corrected chi connectivity index (χ3v) is 6.70. The van der Waals surface area contributed by atoms with Gasteiger partial charge in [-0.05, 0) is 37.4 Å². The van der Waals surface area contributed by atoms with Crippen molar-refractivity contribution in [3.8, 4) is 5.75 Å². The Kier molecular flexibility index (Phi) is 5.71. The molecule has 5 rings (SSSR count). The molecule has 0 unspecified atom stereocenters. The van der Waals surface area contributed by atoms with Gasteiger partial charge in [0.1, 0.15) is 5.75 Å². The predicted octanol–water partition coefficient (Wildman–Crippen LogP) is 4.04. The van der Waals surface area contributed by atoms with Gasteiger partial charge in [0.25, 0.3) is 11.8 Å². The molecule has 0 atom stereocenters. The first kappa shape index (κ1) is 22.0. The van der Waals surface area contributed by atoms with Crippen LogP contribution in [0, 0.1) is 0 Å². The van der Waals surface area contributed by atoms with Gasteiger partial charge in [0.2, 0.25) is 0 Å². The van der Waals surface area contributed by atoms with Crippen molar-refractivity contribution in [3.05, 3.63) is 66.0 Å². The highest BCUT2D eigenvalue weighted by Crippen LogP contribution is 2.39. The van der Waals surface area contributed by atoms with E-state index >= 15 is 0 Å². The number of amides is 2. The molecule has 2 aromatic carbocycles. The molecule has 2 amide bonds. The summed E-state index contributed by atoms with van der Waals surface area (Å²) < 4.78 is 7.65. The first-order valence-corrected chi connectivity index (χ1v) is 11.6. The second-order valence-electron chi connectivity index (χ2n) is 8.43. The quantitative estimate of drug-likeness (QED) is 0.392. The topological polar surface area (TPSA) is 79.4 Å². The lowest BCUT2D eigenvalue weighted by Gasteiger charge is -2.18. The standard InChI is InChI=1S/C27H28N4O3/c1-4-30(5-2)12-13-31-16-21(19-14-17(34-3)10-11-23(19)31)25-24(26(32)29-27(25)33)20-15-28-22-9-7-6-8-18(20)22/h6-11,14-16,28H,4-5,12-13H2,1-3H3,(H,29,32,33). The molecule has 0 spiro atoms. The summed E-state index contributed by atoms with van der Waals surface area (Å²) >= 11 is 0. The van der Waals surface area contributed by atoms with Gasteiger partial charge in [-0.15, -0.1) is 0 Å². The number of carbonyl (C=O) groups excluding carboxylic acids is 2. The maximum Gasteiger partial charge on any atom is 0.259 e. The van der Waals surface area contributed by atoms with E-state index in [9.17, 15) is 9.59 Å². The lowest BCUT2D eigenvalue weighted by atomic mass is 9.95. The number of hydrogen-bond donors (Lipinski definition) is 2. The van der Waals surface area contributed by atoms with Crippen molar-refractivity contribution in [3.63, 3.8) is 0 Å². The molecule has 0 radical (unpaired) electrons. The van der Waals surface area contributed by atoms with E-state index in [1.807, 2.05) is 48.7 Å². The molecule has 0 aliphatic carbocycles. The lowest BCUT2D eigenvalue weighted by Crippen LogP contribution is -2.26. The molecule has 2 N–H and O–H groups in total. The molecule has 0 saturated carbocycles. The number of hydrogen-bond acceptors (Lipinski definition) is 4. The summed E-state index contributed by atoms with van der Waals surface area (Å²) in [6, 6.07) is 13.7. The fraction of sp³-hybridized carbons (Fsp3) is 0.259. The maximum absolute atomic E-state index is 13.1. The average molecular weight is 457 g/mol. The van der Waals surface area contributed by atoms with Crippen LogP contribution in [-0.2, 0) is 16.1 Å². The Morgan fingerprint density at radius 1 is 0.941 bits per heavy atom. The second kappa shape index (κ2) is 8.83. The Hall–Kier alpha value is -3.84. The summed E-state index contributed by atoms with van der Waals surface area (Å²) in [7, 11) is 1.63. The number of nitrogens with zero attached hydrogens (tertiary/aromatic N) is 2. The van der Waals surface area contributed by atoms with Crippen LogP contribution in [0.15, 0.2) is 54.9 Å². The minimum atomic E-state index is -0.379. The summed E-state index contributed by atoms with van der Waals surface area (Å²) in [6.07, 6.45) is 3.80. The lowest BCUT2D eigenvalue weighted by molar-refractivity contribution is -0.122. The van der Waals surface area contributed by atoms with Gasteiger partial charge in [0, 0.05) is 58.4 Å². The number of nitrogens with one attached hydrogen (secondary N) is 2. The molecule has 1 aliphatic rings. The van der Waals surface area contributed by atoms with Crippen LogP contribution >= 0.6 is 0 Å². The van der Waals surface area contributed by atoms with E-state index in [0.29, 0.717) is 16.9 Å². The molecule has 0 fully saturated rings. The van der Waals surface area contributed by atoms with Gasteiger partial charge in [-0.3, -0.25) is 14.9 Å². The van der Waals surface area contributed by atoms with Crippen LogP contribution in [0.4, 0.5) is 0 Å². The Morgan fingerprint density at radius 3 is 2.41 bits per heavy atom. The number of H-pyrrole nitrogens is 1. The molecule has 2 aromatic heterocycles. The Labute approximate surface area is 198 Å². The molecule has 0 bridgehead atoms. The van der Waals surface area contributed by atoms with Gasteiger partial charge in [-0.25, -0.2) is 0 Å². The second-order valence-corrected chi connectivity index (χ2v) is 8.43. The molecule has 7 heteroatoms. The van der Waals surface area contributed by atoms with Crippen LogP contribution in [-0.4, -0.2) is 53.0 Å². The minimum Gasteiger partial charge on any atom is -0.497 e. The van der Waals surface area contributed by atoms with Gasteiger partial charge in [0.15, 0.2) is 0 Å². The van der Waals surface area contributed by atoms with E-state index in [1.54, 1.807) is 13.3 Å². The van der Waals surface area contributed by atoms with Gasteiger partial charge in [-0.2, -0.15) is 0 Å². The van der Waals surface area contributed by atoms with Gasteiger partial charge in [-0.1, -0.05) is 32.0 Å². The number of rotatable bonds is 8. The van der Waals surface area contributed by atoms with E-state index in [2.05, 4.69) is 33.6 Å². The van der Waals surface area contributed by atoms with E-state index in [-0.39, 0.29) is 11.8 Å². The third kappa shape index (κ3) is 3.58. The average Bonchev–Trinajstić information content (AvgIpc) is 3.52. The Balaban J connectivity index is 1.72. The number of ether oxygens (including phenoxy) is 1. The van der Waals surface area contributed by atoms with Gasteiger partial charge < -0.3 is 19.2 Å². The zero-order valence-electron chi connectivity index (χ0n) is 19.6. The zero-order chi connectivity index (χ0) is 23.8. The molecule has 34 heavy (non-hydrogen) atoms. The summed E-state index contributed by atoms with van der Waals surface area (Å²) in [4.78, 5) is 31.8. The number of aromatic nitrogens is 2. The van der Waals surface area contributed by atoms with Crippen molar-refractivity contribution in [2.75, 3.05) is 26.7 Å². The Bertz CT molecular complexity index is 1440. The highest BCUT2D eigenvalue weighted by molar-refractivity contribution is 6.50. The van der Waals surface area contributed by atoms with E-state index in [0.717, 1.165) is 59.1 Å². The van der Waals surface area contributed by atoms with Crippen molar-refractivity contribution in [1.29, 1.82) is 0 Å². The van der Waals surface area contributed by atoms with E-state index in [1.165, 1.54) is 0 Å². The van der Waals surface area contributed by atoms with Gasteiger partial charge >= 0.3 is 0 Å². The normalized spacial score (nSPS) is 14.1. The SMILES string of the molecule is CCN(CC)CCn1cc(C2=C(c3c[nH]c4ccccc34)C(=O)NC2=O)c2cc(OC)ccc21. The van der Waals surface area contributed by atoms with Crippen LogP contribution in [0.2, 0.25) is 0 Å². The van der Waals surface area contributed by atoms with E-state index < -0.39 is 0 Å². The fourth-order valence-corrected chi connectivity index (χ4v) is 4.82. The van der Waals surface area contributed by atoms with Crippen LogP contribution < -0.4 is 10.1 Å². The fourth-order valence-electron chi connectivity index (χ4n) is 4.82. The third-order valence-electron chi connectivity index (χ3n) is 6.70. The molecule has 1 aliphatic heterocycles. The highest BCUT2D eigenvalue weighted by Gasteiger charge is 2.35. The smallest absolute Gasteiger partial charge is 0.259 e. The monoisotopic (exact) mass is 456 g/mol. The van der Waals surface area contributed by atoms with Crippen molar-refractivity contribution in [2.45, 2.75) is 20.4 Å². The van der Waals surface area contributed by atoms with Crippen LogP contribution in [0.5, 0.6) is 5.75 Å². The van der Waals surface area contributed by atoms with Crippen molar-refractivity contribution in [1.82, 2.24) is 19.8 Å². The number of imide groups is 1. The molecule has 3 heterocycles. The predicted molar refractivity (Wildman–Crippen MR) is 135 cm³/mol. The molecule has 174 valence electrons. The summed E-state index contributed by atoms with van der Waals surface area (Å²) in [5, 5.41) is 4.32. The zero-order valence-corrected chi connectivity index (χ0v) is 19.6. The summed E-state index contributed by atoms with van der Waals surface area (Å²) in [5.41, 5.74) is 4.17. The molecule has 0 saturated heterocycles. The largest absolute Gasteiger partial charge is 0.497 e. The van der Waals surface area contributed by atoms with Crippen molar-refractivity contribution >= 4 is 44.8 Å². The first-order chi connectivity index (χ1) is 16.5. The highest BCUT2D eigenvalue weighted by atomic mass is 16.5. The summed E-state index contributed by atoms with van der Waals surface area (Å²) in [6.45, 7) is 7.92. The number of fused-ring (bicyclic) bond motifs is 2. The number of methoxy groups -OCH3 is 1. The number of aromatic amines is 1. The van der Waals surface area contributed by atoms with Crippen molar-refractivity contribution in [2.24, 2.45) is 0 Å². The number of carbonyl (C=O) groups is 2. The molecular weight excluding hydrogens is 428 g/mol. The first-order valence-electron chi connectivity index (χ1n) is 11.6. The molecule has 4 aromatic rings. The number of benzene rings is 2. The van der Waals surface area contributed by atoms with Crippen LogP contribution in [0.1, 0.15) is 25.0 Å². The van der Waals surface area contributed by atoms with E-state index in [4.69, 9.17) is 4.74 Å². The van der Waals surface area contributed by atoms with Crippen molar-refractivity contribution < 1.29 is 14.3 Å². The molecular formula is C27H28N4O3. The number of likely N-dealkylation sites (N-methyl/N-ethyl adjacent to an activating group) is 1. The molecule has 7 nitrogen and oxygen atoms in total. The van der Waals surface area contributed by atoms with Crippen LogP contribution in [0.3, 0.4) is 0 Å². The maximum atomic E-state index is 13.1. The van der Waals surface area contributed by atoms with Gasteiger partial charge in [0.05, 0.1) is 18.3 Å². The minimum absolute atomic E-state index is 0.378. The Morgan fingerprint density at radius 2 is 1.68 bits per heavy atom.